The number of benzene rings is 2. The van der Waals surface area contributed by atoms with E-state index in [0.717, 1.165) is 28.4 Å². The number of hydrogen-bond acceptors (Lipinski definition) is 3. The van der Waals surface area contributed by atoms with E-state index in [1.807, 2.05) is 36.4 Å². The highest BCUT2D eigenvalue weighted by molar-refractivity contribution is 9.10. The Balaban J connectivity index is 2.04. The van der Waals surface area contributed by atoms with E-state index < -0.39 is 6.04 Å². The highest BCUT2D eigenvalue weighted by Gasteiger charge is 2.25. The minimum absolute atomic E-state index is 0.0777. The monoisotopic (exact) mass is 544 g/mol. The van der Waals surface area contributed by atoms with E-state index in [9.17, 15) is 9.59 Å². The molecule has 0 bridgehead atoms. The number of hydrogen-bond donors (Lipinski definition) is 1. The van der Waals surface area contributed by atoms with Gasteiger partial charge in [0, 0.05) is 23.3 Å². The molecule has 0 fully saturated rings. The number of nitrogens with zero attached hydrogens (tertiary/aromatic N) is 1. The van der Waals surface area contributed by atoms with Gasteiger partial charge in [-0.05, 0) is 48.7 Å². The van der Waals surface area contributed by atoms with Crippen LogP contribution in [0.3, 0.4) is 0 Å². The summed E-state index contributed by atoms with van der Waals surface area (Å²) in [5.74, 6) is 0.689. The number of carbonyl (C=O) groups is 2. The molecule has 1 N–H and O–H groups in total. The lowest BCUT2D eigenvalue weighted by atomic mass is 10.1. The SMILES string of the molecule is CCCCNC(=O)[C@H](C)N(Cc1ccc(Br)cc1)C(=O)CSCc1ccc(Cl)c(Cl)c1. The first-order chi connectivity index (χ1) is 14.8. The highest BCUT2D eigenvalue weighted by Crippen LogP contribution is 2.25. The van der Waals surface area contributed by atoms with Crippen LogP contribution in [0.15, 0.2) is 46.9 Å². The van der Waals surface area contributed by atoms with Gasteiger partial charge in [-0.2, -0.15) is 0 Å². The molecular formula is C23H27BrCl2N2O2S. The summed E-state index contributed by atoms with van der Waals surface area (Å²) < 4.78 is 0.969. The minimum Gasteiger partial charge on any atom is -0.354 e. The van der Waals surface area contributed by atoms with Gasteiger partial charge in [-0.3, -0.25) is 9.59 Å². The first-order valence-corrected chi connectivity index (χ1v) is 12.9. The van der Waals surface area contributed by atoms with Gasteiger partial charge in [-0.1, -0.05) is 70.7 Å². The van der Waals surface area contributed by atoms with Crippen molar-refractivity contribution in [3.05, 3.63) is 68.1 Å². The molecule has 2 rings (SSSR count). The van der Waals surface area contributed by atoms with Crippen molar-refractivity contribution in [1.82, 2.24) is 10.2 Å². The van der Waals surface area contributed by atoms with Crippen molar-refractivity contribution in [3.8, 4) is 0 Å². The quantitative estimate of drug-likeness (QED) is 0.336. The van der Waals surface area contributed by atoms with Crippen molar-refractivity contribution in [2.45, 2.75) is 45.0 Å². The topological polar surface area (TPSA) is 49.4 Å². The van der Waals surface area contributed by atoms with Gasteiger partial charge >= 0.3 is 0 Å². The molecule has 8 heteroatoms. The summed E-state index contributed by atoms with van der Waals surface area (Å²) in [6.45, 7) is 4.85. The van der Waals surface area contributed by atoms with Crippen LogP contribution in [-0.4, -0.2) is 35.1 Å². The van der Waals surface area contributed by atoms with Crippen LogP contribution < -0.4 is 5.32 Å². The van der Waals surface area contributed by atoms with Crippen molar-refractivity contribution in [1.29, 1.82) is 0 Å². The molecule has 2 aromatic rings. The average molecular weight is 546 g/mol. The predicted octanol–water partition coefficient (Wildman–Crippen LogP) is 6.32. The van der Waals surface area contributed by atoms with Crippen LogP contribution in [0.4, 0.5) is 0 Å². The minimum atomic E-state index is -0.557. The Labute approximate surface area is 207 Å². The van der Waals surface area contributed by atoms with Crippen molar-refractivity contribution in [3.63, 3.8) is 0 Å². The van der Waals surface area contributed by atoms with Crippen LogP contribution in [0, 0.1) is 0 Å². The molecule has 1 atom stereocenters. The maximum Gasteiger partial charge on any atom is 0.242 e. The molecule has 0 saturated heterocycles. The second-order valence-electron chi connectivity index (χ2n) is 7.21. The molecule has 2 aromatic carbocycles. The molecule has 31 heavy (non-hydrogen) atoms. The van der Waals surface area contributed by atoms with Crippen LogP contribution in [-0.2, 0) is 21.9 Å². The number of nitrogens with one attached hydrogen (secondary N) is 1. The van der Waals surface area contributed by atoms with Crippen LogP contribution in [0.25, 0.3) is 0 Å². The smallest absolute Gasteiger partial charge is 0.242 e. The fourth-order valence-corrected chi connectivity index (χ4v) is 4.32. The van der Waals surface area contributed by atoms with Crippen molar-refractivity contribution >= 4 is 62.7 Å². The van der Waals surface area contributed by atoms with E-state index >= 15 is 0 Å². The second-order valence-corrected chi connectivity index (χ2v) is 9.93. The first-order valence-electron chi connectivity index (χ1n) is 10.1. The Morgan fingerprint density at radius 3 is 2.42 bits per heavy atom. The maximum atomic E-state index is 13.1. The molecule has 0 heterocycles. The molecule has 0 aromatic heterocycles. The molecule has 0 aliphatic carbocycles. The summed E-state index contributed by atoms with van der Waals surface area (Å²) >= 11 is 17.0. The van der Waals surface area contributed by atoms with Gasteiger partial charge in [0.2, 0.25) is 11.8 Å². The molecule has 168 valence electrons. The largest absolute Gasteiger partial charge is 0.354 e. The third-order valence-corrected chi connectivity index (χ3v) is 7.00. The van der Waals surface area contributed by atoms with Crippen LogP contribution in [0.1, 0.15) is 37.8 Å². The van der Waals surface area contributed by atoms with E-state index in [2.05, 4.69) is 28.2 Å². The zero-order chi connectivity index (χ0) is 22.8. The number of amides is 2. The first kappa shape index (κ1) is 26.0. The zero-order valence-electron chi connectivity index (χ0n) is 17.7. The van der Waals surface area contributed by atoms with Crippen LogP contribution in [0.2, 0.25) is 10.0 Å². The van der Waals surface area contributed by atoms with Gasteiger partial charge < -0.3 is 10.2 Å². The highest BCUT2D eigenvalue weighted by atomic mass is 79.9. The van der Waals surface area contributed by atoms with Gasteiger partial charge in [0.25, 0.3) is 0 Å². The predicted molar refractivity (Wildman–Crippen MR) is 135 cm³/mol. The maximum absolute atomic E-state index is 13.1. The summed E-state index contributed by atoms with van der Waals surface area (Å²) in [7, 11) is 0. The van der Waals surface area contributed by atoms with Crippen molar-refractivity contribution in [2.24, 2.45) is 0 Å². The van der Waals surface area contributed by atoms with Gasteiger partial charge in [0.05, 0.1) is 15.8 Å². The Bertz CT molecular complexity index is 880. The van der Waals surface area contributed by atoms with Gasteiger partial charge in [0.1, 0.15) is 6.04 Å². The lowest BCUT2D eigenvalue weighted by Gasteiger charge is -2.29. The Hall–Kier alpha value is -1.21. The Kier molecular flexibility index (Phi) is 11.2. The fraction of sp³-hybridized carbons (Fsp3) is 0.391. The van der Waals surface area contributed by atoms with E-state index in [0.29, 0.717) is 28.9 Å². The van der Waals surface area contributed by atoms with E-state index in [4.69, 9.17) is 23.2 Å². The van der Waals surface area contributed by atoms with E-state index in [1.165, 1.54) is 11.8 Å². The second kappa shape index (κ2) is 13.4. The molecule has 0 spiro atoms. The summed E-state index contributed by atoms with van der Waals surface area (Å²) in [5, 5.41) is 3.94. The summed E-state index contributed by atoms with van der Waals surface area (Å²) in [6.07, 6.45) is 1.92. The third-order valence-electron chi connectivity index (χ3n) is 4.74. The zero-order valence-corrected chi connectivity index (χ0v) is 21.6. The van der Waals surface area contributed by atoms with Crippen LogP contribution >= 0.6 is 50.9 Å². The number of unbranched alkanes of at least 4 members (excludes halogenated alkanes) is 1. The van der Waals surface area contributed by atoms with Gasteiger partial charge in [-0.25, -0.2) is 0 Å². The summed E-state index contributed by atoms with van der Waals surface area (Å²) in [5.41, 5.74) is 1.97. The fourth-order valence-electron chi connectivity index (χ4n) is 2.87. The molecule has 0 saturated carbocycles. The van der Waals surface area contributed by atoms with E-state index in [1.54, 1.807) is 17.9 Å². The average Bonchev–Trinajstić information content (AvgIpc) is 2.75. The van der Waals surface area contributed by atoms with Crippen LogP contribution in [0.5, 0.6) is 0 Å². The van der Waals surface area contributed by atoms with Crippen molar-refractivity contribution < 1.29 is 9.59 Å². The molecule has 0 radical (unpaired) electrons. The number of carbonyl (C=O) groups excluding carboxylic acids is 2. The number of thioether (sulfide) groups is 1. The van der Waals surface area contributed by atoms with Crippen molar-refractivity contribution in [2.75, 3.05) is 12.3 Å². The van der Waals surface area contributed by atoms with E-state index in [-0.39, 0.29) is 17.6 Å². The number of halogens is 3. The molecule has 2 amide bonds. The summed E-state index contributed by atoms with van der Waals surface area (Å²) in [6, 6.07) is 12.7. The lowest BCUT2D eigenvalue weighted by Crippen LogP contribution is -2.48. The molecular weight excluding hydrogens is 519 g/mol. The molecule has 0 aliphatic heterocycles. The Morgan fingerprint density at radius 2 is 1.77 bits per heavy atom. The summed E-state index contributed by atoms with van der Waals surface area (Å²) in [4.78, 5) is 27.3. The standard InChI is InChI=1S/C23H27BrCl2N2O2S/c1-3-4-11-27-23(30)16(2)28(13-17-5-8-19(24)9-6-17)22(29)15-31-14-18-7-10-20(25)21(26)12-18/h5-10,12,16H,3-4,11,13-15H2,1-2H3,(H,27,30)/t16-/m0/s1. The molecule has 0 aliphatic rings. The normalized spacial score (nSPS) is 11.8. The third kappa shape index (κ3) is 8.68. The van der Waals surface area contributed by atoms with Gasteiger partial charge in [-0.15, -0.1) is 11.8 Å². The van der Waals surface area contributed by atoms with Gasteiger partial charge in [0.15, 0.2) is 0 Å². The lowest BCUT2D eigenvalue weighted by molar-refractivity contribution is -0.138. The number of rotatable bonds is 11. The Morgan fingerprint density at radius 1 is 1.10 bits per heavy atom. The molecule has 0 unspecified atom stereocenters. The molecule has 4 nitrogen and oxygen atoms in total.